The molecule has 2 aromatic carbocycles. The zero-order valence-corrected chi connectivity index (χ0v) is 11.3. The maximum absolute atomic E-state index is 13.2. The molecule has 5 heteroatoms. The van der Waals surface area contributed by atoms with Crippen molar-refractivity contribution in [1.29, 1.82) is 0 Å². The van der Waals surface area contributed by atoms with Gasteiger partial charge in [-0.05, 0) is 29.8 Å². The Labute approximate surface area is 116 Å². The first kappa shape index (κ1) is 14.0. The molecule has 0 aliphatic rings. The van der Waals surface area contributed by atoms with Gasteiger partial charge in [0.05, 0.1) is 19.9 Å². The van der Waals surface area contributed by atoms with E-state index in [9.17, 15) is 4.39 Å². The fourth-order valence-corrected chi connectivity index (χ4v) is 1.81. The SMILES string of the molecule is COc1ccc(OC)c(NCc2ccc(O)c(F)c2)c1. The zero-order chi connectivity index (χ0) is 14.5. The lowest BCUT2D eigenvalue weighted by Crippen LogP contribution is -2.02. The standard InChI is InChI=1S/C15H16FNO3/c1-19-11-4-6-15(20-2)13(8-11)17-9-10-3-5-14(18)12(16)7-10/h3-8,17-18H,9H2,1-2H3. The summed E-state index contributed by atoms with van der Waals surface area (Å²) in [5, 5.41) is 12.3. The summed E-state index contributed by atoms with van der Waals surface area (Å²) in [7, 11) is 3.16. The van der Waals surface area contributed by atoms with Crippen molar-refractivity contribution in [2.24, 2.45) is 0 Å². The van der Waals surface area contributed by atoms with Crippen LogP contribution in [0.1, 0.15) is 5.56 Å². The van der Waals surface area contributed by atoms with Gasteiger partial charge in [0.1, 0.15) is 11.5 Å². The molecule has 0 bridgehead atoms. The molecule has 0 heterocycles. The topological polar surface area (TPSA) is 50.7 Å². The third-order valence-electron chi connectivity index (χ3n) is 2.90. The molecular formula is C15H16FNO3. The van der Waals surface area contributed by atoms with Gasteiger partial charge in [0.2, 0.25) is 0 Å². The van der Waals surface area contributed by atoms with E-state index in [0.29, 0.717) is 23.6 Å². The van der Waals surface area contributed by atoms with Gasteiger partial charge in [-0.3, -0.25) is 0 Å². The predicted octanol–water partition coefficient (Wildman–Crippen LogP) is 3.16. The highest BCUT2D eigenvalue weighted by Gasteiger charge is 2.06. The smallest absolute Gasteiger partial charge is 0.165 e. The summed E-state index contributed by atoms with van der Waals surface area (Å²) in [5.74, 6) is 0.379. The number of phenols is 1. The van der Waals surface area contributed by atoms with E-state index in [1.807, 2.05) is 0 Å². The first-order chi connectivity index (χ1) is 9.63. The lowest BCUT2D eigenvalue weighted by molar-refractivity contribution is 0.404. The summed E-state index contributed by atoms with van der Waals surface area (Å²) in [6, 6.07) is 9.65. The van der Waals surface area contributed by atoms with Crippen LogP contribution < -0.4 is 14.8 Å². The lowest BCUT2D eigenvalue weighted by atomic mass is 10.2. The number of methoxy groups -OCH3 is 2. The zero-order valence-electron chi connectivity index (χ0n) is 11.3. The van der Waals surface area contributed by atoms with E-state index in [-0.39, 0.29) is 5.75 Å². The van der Waals surface area contributed by atoms with E-state index in [0.717, 1.165) is 5.69 Å². The van der Waals surface area contributed by atoms with E-state index in [1.165, 1.54) is 12.1 Å². The highest BCUT2D eigenvalue weighted by atomic mass is 19.1. The molecule has 2 aromatic rings. The number of ether oxygens (including phenoxy) is 2. The second-order valence-corrected chi connectivity index (χ2v) is 4.21. The molecule has 2 rings (SSSR count). The van der Waals surface area contributed by atoms with E-state index in [1.54, 1.807) is 38.5 Å². The van der Waals surface area contributed by atoms with Crippen LogP contribution in [0.2, 0.25) is 0 Å². The van der Waals surface area contributed by atoms with Crippen LogP contribution in [-0.4, -0.2) is 19.3 Å². The molecule has 0 saturated heterocycles. The van der Waals surface area contributed by atoms with Crippen LogP contribution >= 0.6 is 0 Å². The minimum atomic E-state index is -0.637. The molecule has 0 spiro atoms. The van der Waals surface area contributed by atoms with Crippen molar-refractivity contribution in [3.8, 4) is 17.2 Å². The number of hydrogen-bond acceptors (Lipinski definition) is 4. The summed E-state index contributed by atoms with van der Waals surface area (Å²) in [5.41, 5.74) is 1.46. The molecule has 0 amide bonds. The Morgan fingerprint density at radius 2 is 1.90 bits per heavy atom. The number of nitrogens with one attached hydrogen (secondary N) is 1. The Kier molecular flexibility index (Phi) is 4.30. The number of rotatable bonds is 5. The second-order valence-electron chi connectivity index (χ2n) is 4.21. The number of phenolic OH excluding ortho intramolecular Hbond substituents is 1. The molecular weight excluding hydrogens is 261 g/mol. The maximum atomic E-state index is 13.2. The molecule has 0 radical (unpaired) electrons. The lowest BCUT2D eigenvalue weighted by Gasteiger charge is -2.12. The van der Waals surface area contributed by atoms with Gasteiger partial charge in [-0.1, -0.05) is 6.07 Å². The number of hydrogen-bond donors (Lipinski definition) is 2. The van der Waals surface area contributed by atoms with Crippen LogP contribution in [0.15, 0.2) is 36.4 Å². The van der Waals surface area contributed by atoms with Gasteiger partial charge in [-0.2, -0.15) is 0 Å². The van der Waals surface area contributed by atoms with E-state index in [4.69, 9.17) is 14.6 Å². The van der Waals surface area contributed by atoms with Gasteiger partial charge in [0.25, 0.3) is 0 Å². The molecule has 0 aromatic heterocycles. The van der Waals surface area contributed by atoms with Crippen LogP contribution in [0.4, 0.5) is 10.1 Å². The van der Waals surface area contributed by atoms with Crippen molar-refractivity contribution in [2.45, 2.75) is 6.54 Å². The molecule has 0 atom stereocenters. The molecule has 20 heavy (non-hydrogen) atoms. The number of anilines is 1. The fraction of sp³-hybridized carbons (Fsp3) is 0.200. The van der Waals surface area contributed by atoms with Gasteiger partial charge in [0.15, 0.2) is 11.6 Å². The third kappa shape index (κ3) is 3.12. The molecule has 0 aliphatic heterocycles. The Bertz CT molecular complexity index is 602. The molecule has 2 N–H and O–H groups in total. The monoisotopic (exact) mass is 277 g/mol. The number of halogens is 1. The Hall–Kier alpha value is -2.43. The van der Waals surface area contributed by atoms with Crippen molar-refractivity contribution in [1.82, 2.24) is 0 Å². The first-order valence-corrected chi connectivity index (χ1v) is 6.07. The minimum absolute atomic E-state index is 0.354. The van der Waals surface area contributed by atoms with Gasteiger partial charge < -0.3 is 19.9 Å². The molecule has 4 nitrogen and oxygen atoms in total. The second kappa shape index (κ2) is 6.14. The molecule has 0 fully saturated rings. The summed E-state index contributed by atoms with van der Waals surface area (Å²) in [6.07, 6.45) is 0. The van der Waals surface area contributed by atoms with Crippen molar-refractivity contribution in [2.75, 3.05) is 19.5 Å². The molecule has 0 saturated carbocycles. The van der Waals surface area contributed by atoms with Crippen molar-refractivity contribution in [3.05, 3.63) is 47.8 Å². The first-order valence-electron chi connectivity index (χ1n) is 6.07. The minimum Gasteiger partial charge on any atom is -0.505 e. The average molecular weight is 277 g/mol. The fourth-order valence-electron chi connectivity index (χ4n) is 1.81. The Morgan fingerprint density at radius 3 is 2.55 bits per heavy atom. The van der Waals surface area contributed by atoms with Crippen LogP contribution in [0, 0.1) is 5.82 Å². The number of benzene rings is 2. The van der Waals surface area contributed by atoms with Gasteiger partial charge in [-0.25, -0.2) is 4.39 Å². The summed E-state index contributed by atoms with van der Waals surface area (Å²) < 4.78 is 23.6. The summed E-state index contributed by atoms with van der Waals surface area (Å²) >= 11 is 0. The molecule has 106 valence electrons. The van der Waals surface area contributed by atoms with Crippen LogP contribution in [0.3, 0.4) is 0 Å². The van der Waals surface area contributed by atoms with Gasteiger partial charge in [-0.15, -0.1) is 0 Å². The quantitative estimate of drug-likeness (QED) is 0.881. The van der Waals surface area contributed by atoms with Crippen LogP contribution in [-0.2, 0) is 6.54 Å². The number of aromatic hydroxyl groups is 1. The summed E-state index contributed by atoms with van der Waals surface area (Å²) in [4.78, 5) is 0. The largest absolute Gasteiger partial charge is 0.505 e. The molecule has 0 aliphatic carbocycles. The molecule has 0 unspecified atom stereocenters. The maximum Gasteiger partial charge on any atom is 0.165 e. The van der Waals surface area contributed by atoms with Gasteiger partial charge >= 0.3 is 0 Å². The van der Waals surface area contributed by atoms with E-state index >= 15 is 0 Å². The predicted molar refractivity (Wildman–Crippen MR) is 74.9 cm³/mol. The van der Waals surface area contributed by atoms with Gasteiger partial charge in [0, 0.05) is 12.6 Å². The highest BCUT2D eigenvalue weighted by Crippen LogP contribution is 2.29. The van der Waals surface area contributed by atoms with Crippen molar-refractivity contribution in [3.63, 3.8) is 0 Å². The van der Waals surface area contributed by atoms with Crippen LogP contribution in [0.5, 0.6) is 17.2 Å². The van der Waals surface area contributed by atoms with E-state index < -0.39 is 5.82 Å². The van der Waals surface area contributed by atoms with Crippen molar-refractivity contribution >= 4 is 5.69 Å². The average Bonchev–Trinajstić information content (AvgIpc) is 2.48. The van der Waals surface area contributed by atoms with Crippen LogP contribution in [0.25, 0.3) is 0 Å². The highest BCUT2D eigenvalue weighted by molar-refractivity contribution is 5.60. The Balaban J connectivity index is 2.15. The van der Waals surface area contributed by atoms with E-state index in [2.05, 4.69) is 5.32 Å². The Morgan fingerprint density at radius 1 is 1.10 bits per heavy atom. The normalized spacial score (nSPS) is 10.2. The summed E-state index contributed by atoms with van der Waals surface area (Å²) in [6.45, 7) is 0.403. The van der Waals surface area contributed by atoms with Crippen molar-refractivity contribution < 1.29 is 19.0 Å². The third-order valence-corrected chi connectivity index (χ3v) is 2.90.